The number of para-hydroxylation sites is 2. The largest absolute Gasteiger partial charge is 0.492 e. The topological polar surface area (TPSA) is 116 Å². The smallest absolute Gasteiger partial charge is 0.326 e. The van der Waals surface area contributed by atoms with E-state index in [-0.39, 0.29) is 34.1 Å². The number of aryl methyl sites for hydroxylation is 1. The van der Waals surface area contributed by atoms with Crippen molar-refractivity contribution >= 4 is 49.1 Å². The standard InChI is InChI=1S/C27H27N3O6S2/c1-4-35-22-11-8-12-23-25(22)30(17-24(31)36-5-2)27(37-23)28-26(32)20-9-6-7-10-21(20)29-38(33,34)19-15-13-18(3)14-16-19/h6-16,29H,4-5,17H2,1-3H3. The molecule has 198 valence electrons. The van der Waals surface area contributed by atoms with E-state index in [0.29, 0.717) is 17.9 Å². The van der Waals surface area contributed by atoms with Gasteiger partial charge in [0.2, 0.25) is 0 Å². The molecular weight excluding hydrogens is 526 g/mol. The molecular formula is C27H27N3O6S2. The highest BCUT2D eigenvalue weighted by Crippen LogP contribution is 2.28. The minimum Gasteiger partial charge on any atom is -0.492 e. The third-order valence-corrected chi connectivity index (χ3v) is 7.91. The van der Waals surface area contributed by atoms with Crippen LogP contribution in [0.25, 0.3) is 10.2 Å². The van der Waals surface area contributed by atoms with Crippen LogP contribution in [0.5, 0.6) is 5.75 Å². The maximum Gasteiger partial charge on any atom is 0.326 e. The summed E-state index contributed by atoms with van der Waals surface area (Å²) < 4.78 is 41.7. The Morgan fingerprint density at radius 3 is 2.42 bits per heavy atom. The number of benzene rings is 3. The van der Waals surface area contributed by atoms with Crippen LogP contribution in [0.4, 0.5) is 5.69 Å². The molecule has 1 heterocycles. The van der Waals surface area contributed by atoms with Crippen molar-refractivity contribution < 1.29 is 27.5 Å². The van der Waals surface area contributed by atoms with Gasteiger partial charge in [-0.25, -0.2) is 8.42 Å². The molecule has 4 rings (SSSR count). The Morgan fingerprint density at radius 2 is 1.71 bits per heavy atom. The maximum atomic E-state index is 13.4. The van der Waals surface area contributed by atoms with Crippen LogP contribution in [0.15, 0.2) is 76.6 Å². The predicted octanol–water partition coefficient (Wildman–Crippen LogP) is 4.51. The van der Waals surface area contributed by atoms with E-state index in [4.69, 9.17) is 9.47 Å². The molecule has 0 aliphatic heterocycles. The van der Waals surface area contributed by atoms with Crippen molar-refractivity contribution in [2.24, 2.45) is 4.99 Å². The summed E-state index contributed by atoms with van der Waals surface area (Å²) in [6, 6.07) is 18.1. The molecule has 0 spiro atoms. The number of carbonyl (C=O) groups excluding carboxylic acids is 2. The Balaban J connectivity index is 1.78. The van der Waals surface area contributed by atoms with E-state index >= 15 is 0 Å². The summed E-state index contributed by atoms with van der Waals surface area (Å²) in [5, 5.41) is 0. The molecule has 11 heteroatoms. The lowest BCUT2D eigenvalue weighted by Crippen LogP contribution is -2.23. The lowest BCUT2D eigenvalue weighted by atomic mass is 10.2. The summed E-state index contributed by atoms with van der Waals surface area (Å²) in [5.74, 6) is -0.612. The number of aromatic nitrogens is 1. The molecule has 0 atom stereocenters. The number of anilines is 1. The molecule has 4 aromatic rings. The molecule has 9 nitrogen and oxygen atoms in total. The van der Waals surface area contributed by atoms with Gasteiger partial charge < -0.3 is 14.0 Å². The minimum atomic E-state index is -3.95. The summed E-state index contributed by atoms with van der Waals surface area (Å²) in [7, 11) is -3.95. The number of rotatable bonds is 9. The number of amides is 1. The second-order valence-corrected chi connectivity index (χ2v) is 10.9. The van der Waals surface area contributed by atoms with Crippen LogP contribution in [-0.2, 0) is 26.1 Å². The molecule has 0 saturated heterocycles. The van der Waals surface area contributed by atoms with Gasteiger partial charge in [-0.1, -0.05) is 47.2 Å². The van der Waals surface area contributed by atoms with Gasteiger partial charge in [0.05, 0.1) is 34.1 Å². The minimum absolute atomic E-state index is 0.0633. The highest BCUT2D eigenvalue weighted by atomic mass is 32.2. The molecule has 0 aliphatic rings. The van der Waals surface area contributed by atoms with Crippen LogP contribution in [0.3, 0.4) is 0 Å². The van der Waals surface area contributed by atoms with Gasteiger partial charge in [0.15, 0.2) is 4.80 Å². The first-order chi connectivity index (χ1) is 18.2. The molecule has 38 heavy (non-hydrogen) atoms. The van der Waals surface area contributed by atoms with E-state index in [1.165, 1.54) is 35.6 Å². The van der Waals surface area contributed by atoms with Gasteiger partial charge in [0.25, 0.3) is 15.9 Å². The normalized spacial score (nSPS) is 11.9. The fraction of sp³-hybridized carbons (Fsp3) is 0.222. The van der Waals surface area contributed by atoms with Crippen LogP contribution >= 0.6 is 11.3 Å². The van der Waals surface area contributed by atoms with E-state index in [1.54, 1.807) is 41.8 Å². The lowest BCUT2D eigenvalue weighted by molar-refractivity contribution is -0.143. The zero-order valence-corrected chi connectivity index (χ0v) is 22.8. The summed E-state index contributed by atoms with van der Waals surface area (Å²) in [5.41, 5.74) is 1.70. The average Bonchev–Trinajstić information content (AvgIpc) is 3.22. The van der Waals surface area contributed by atoms with Crippen molar-refractivity contribution in [1.82, 2.24) is 4.57 Å². The molecule has 0 radical (unpaired) electrons. The van der Waals surface area contributed by atoms with E-state index in [0.717, 1.165) is 10.3 Å². The maximum absolute atomic E-state index is 13.4. The predicted molar refractivity (Wildman–Crippen MR) is 146 cm³/mol. The van der Waals surface area contributed by atoms with E-state index in [1.807, 2.05) is 26.0 Å². The average molecular weight is 554 g/mol. The van der Waals surface area contributed by atoms with E-state index in [2.05, 4.69) is 9.71 Å². The number of nitrogens with one attached hydrogen (secondary N) is 1. The van der Waals surface area contributed by atoms with Gasteiger partial charge >= 0.3 is 5.97 Å². The Morgan fingerprint density at radius 1 is 0.974 bits per heavy atom. The number of esters is 1. The molecule has 1 N–H and O–H groups in total. The summed E-state index contributed by atoms with van der Waals surface area (Å²) in [4.78, 5) is 30.4. The highest BCUT2D eigenvalue weighted by Gasteiger charge is 2.20. The summed E-state index contributed by atoms with van der Waals surface area (Å²) in [6.45, 7) is 5.87. The molecule has 0 saturated carbocycles. The van der Waals surface area contributed by atoms with Gasteiger partial charge in [-0.2, -0.15) is 4.99 Å². The summed E-state index contributed by atoms with van der Waals surface area (Å²) in [6.07, 6.45) is 0. The van der Waals surface area contributed by atoms with Crippen molar-refractivity contribution in [2.75, 3.05) is 17.9 Å². The monoisotopic (exact) mass is 553 g/mol. The molecule has 0 unspecified atom stereocenters. The van der Waals surface area contributed by atoms with Crippen molar-refractivity contribution in [3.05, 3.63) is 82.7 Å². The third-order valence-electron chi connectivity index (χ3n) is 5.49. The van der Waals surface area contributed by atoms with Crippen LogP contribution < -0.4 is 14.3 Å². The Labute approximate surface area is 224 Å². The van der Waals surface area contributed by atoms with Crippen LogP contribution in [-0.4, -0.2) is 38.1 Å². The highest BCUT2D eigenvalue weighted by molar-refractivity contribution is 7.92. The van der Waals surface area contributed by atoms with Gasteiger partial charge in [-0.3, -0.25) is 14.3 Å². The number of fused-ring (bicyclic) bond motifs is 1. The molecule has 3 aromatic carbocycles. The Bertz CT molecular complexity index is 1650. The molecule has 0 fully saturated rings. The second kappa shape index (κ2) is 11.6. The van der Waals surface area contributed by atoms with Crippen LogP contribution in [0.2, 0.25) is 0 Å². The van der Waals surface area contributed by atoms with Crippen molar-refractivity contribution in [3.8, 4) is 5.75 Å². The molecule has 1 amide bonds. The number of sulfonamides is 1. The number of nitrogens with zero attached hydrogens (tertiary/aromatic N) is 2. The van der Waals surface area contributed by atoms with Gasteiger partial charge in [-0.05, 0) is 57.2 Å². The number of carbonyl (C=O) groups is 2. The Hall–Kier alpha value is -3.96. The third kappa shape index (κ3) is 5.95. The van der Waals surface area contributed by atoms with Gasteiger partial charge in [0, 0.05) is 0 Å². The molecule has 0 bridgehead atoms. The first-order valence-electron chi connectivity index (χ1n) is 11.9. The SMILES string of the molecule is CCOC(=O)Cn1c(=NC(=O)c2ccccc2NS(=O)(=O)c2ccc(C)cc2)sc2cccc(OCC)c21. The van der Waals surface area contributed by atoms with E-state index < -0.39 is 21.9 Å². The first kappa shape index (κ1) is 27.1. The number of ether oxygens (including phenoxy) is 2. The molecule has 0 aliphatic carbocycles. The van der Waals surface area contributed by atoms with Gasteiger partial charge in [-0.15, -0.1) is 0 Å². The van der Waals surface area contributed by atoms with Crippen LogP contribution in [0.1, 0.15) is 29.8 Å². The van der Waals surface area contributed by atoms with Crippen molar-refractivity contribution in [1.29, 1.82) is 0 Å². The second-order valence-electron chi connectivity index (χ2n) is 8.19. The van der Waals surface area contributed by atoms with Crippen LogP contribution in [0, 0.1) is 6.92 Å². The number of hydrogen-bond acceptors (Lipinski definition) is 7. The summed E-state index contributed by atoms with van der Waals surface area (Å²) >= 11 is 1.21. The zero-order chi connectivity index (χ0) is 27.3. The Kier molecular flexibility index (Phi) is 8.28. The number of thiazole rings is 1. The quantitative estimate of drug-likeness (QED) is 0.305. The number of hydrogen-bond donors (Lipinski definition) is 1. The van der Waals surface area contributed by atoms with Crippen molar-refractivity contribution in [2.45, 2.75) is 32.2 Å². The fourth-order valence-corrected chi connectivity index (χ4v) is 5.89. The van der Waals surface area contributed by atoms with Gasteiger partial charge in [0.1, 0.15) is 17.8 Å². The van der Waals surface area contributed by atoms with E-state index in [9.17, 15) is 18.0 Å². The lowest BCUT2D eigenvalue weighted by Gasteiger charge is -2.11. The zero-order valence-electron chi connectivity index (χ0n) is 21.1. The molecule has 1 aromatic heterocycles. The first-order valence-corrected chi connectivity index (χ1v) is 14.2. The van der Waals surface area contributed by atoms with Crippen molar-refractivity contribution in [3.63, 3.8) is 0 Å². The fourth-order valence-electron chi connectivity index (χ4n) is 3.76.